The van der Waals surface area contributed by atoms with Crippen molar-refractivity contribution in [3.63, 3.8) is 0 Å². The van der Waals surface area contributed by atoms with E-state index in [-0.39, 0.29) is 12.5 Å². The van der Waals surface area contributed by atoms with E-state index in [0.717, 1.165) is 5.01 Å². The van der Waals surface area contributed by atoms with Gasteiger partial charge in [-0.2, -0.15) is 0 Å². The fraction of sp³-hybridized carbons (Fsp3) is 0.231. The summed E-state index contributed by atoms with van der Waals surface area (Å²) in [5.74, 6) is -0.280. The predicted molar refractivity (Wildman–Crippen MR) is 80.6 cm³/mol. The summed E-state index contributed by atoms with van der Waals surface area (Å²) in [5.41, 5.74) is 0.414. The van der Waals surface area contributed by atoms with Gasteiger partial charge < -0.3 is 10.4 Å². The highest BCUT2D eigenvalue weighted by Crippen LogP contribution is 2.29. The Morgan fingerprint density at radius 2 is 2.10 bits per heavy atom. The maximum absolute atomic E-state index is 11.8. The first-order chi connectivity index (χ1) is 9.49. The minimum atomic E-state index is -0.964. The van der Waals surface area contributed by atoms with Gasteiger partial charge in [-0.05, 0) is 19.1 Å². The minimum Gasteiger partial charge on any atom is -0.386 e. The van der Waals surface area contributed by atoms with Crippen molar-refractivity contribution in [3.05, 3.63) is 49.9 Å². The number of halogens is 2. The van der Waals surface area contributed by atoms with Crippen molar-refractivity contribution >= 4 is 40.4 Å². The summed E-state index contributed by atoms with van der Waals surface area (Å²) in [6, 6.07) is 4.97. The summed E-state index contributed by atoms with van der Waals surface area (Å²) in [6.45, 7) is 1.85. The molecule has 4 nitrogen and oxygen atoms in total. The van der Waals surface area contributed by atoms with Gasteiger partial charge in [-0.3, -0.25) is 4.79 Å². The van der Waals surface area contributed by atoms with Crippen molar-refractivity contribution in [1.82, 2.24) is 10.3 Å². The van der Waals surface area contributed by atoms with E-state index in [9.17, 15) is 9.90 Å². The number of aromatic nitrogens is 1. The molecule has 106 valence electrons. The summed E-state index contributed by atoms with van der Waals surface area (Å²) in [4.78, 5) is 16.3. The summed E-state index contributed by atoms with van der Waals surface area (Å²) < 4.78 is 0. The Bertz CT molecular complexity index is 610. The second-order valence-corrected chi connectivity index (χ2v) is 6.15. The molecule has 20 heavy (non-hydrogen) atoms. The van der Waals surface area contributed by atoms with Crippen LogP contribution in [0.2, 0.25) is 10.0 Å². The first kappa shape index (κ1) is 15.3. The predicted octanol–water partition coefficient (Wildman–Crippen LogP) is 3.22. The van der Waals surface area contributed by atoms with E-state index in [1.807, 2.05) is 6.92 Å². The van der Waals surface area contributed by atoms with Crippen molar-refractivity contribution < 1.29 is 9.90 Å². The molecule has 1 aromatic heterocycles. The van der Waals surface area contributed by atoms with E-state index in [2.05, 4.69) is 10.3 Å². The van der Waals surface area contributed by atoms with Gasteiger partial charge in [0, 0.05) is 22.2 Å². The molecule has 0 aliphatic carbocycles. The minimum absolute atomic E-state index is 0.0270. The molecule has 7 heteroatoms. The quantitative estimate of drug-likeness (QED) is 0.904. The Balaban J connectivity index is 2.02. The number of nitrogens with one attached hydrogen (secondary N) is 1. The summed E-state index contributed by atoms with van der Waals surface area (Å²) in [6.07, 6.45) is 0.540. The molecule has 2 aromatic rings. The number of rotatable bonds is 4. The normalized spacial score (nSPS) is 12.2. The number of hydrogen-bond acceptors (Lipinski definition) is 4. The highest BCUT2D eigenvalue weighted by atomic mass is 35.5. The van der Waals surface area contributed by atoms with Crippen LogP contribution in [0.15, 0.2) is 24.4 Å². The van der Waals surface area contributed by atoms with Crippen LogP contribution in [0.1, 0.15) is 26.3 Å². The Kier molecular flexibility index (Phi) is 4.99. The topological polar surface area (TPSA) is 62.2 Å². The molecule has 0 fully saturated rings. The second-order valence-electron chi connectivity index (χ2n) is 4.10. The smallest absolute Gasteiger partial charge is 0.263 e. The average Bonchev–Trinajstić information content (AvgIpc) is 2.82. The van der Waals surface area contributed by atoms with Crippen molar-refractivity contribution in [3.8, 4) is 0 Å². The van der Waals surface area contributed by atoms with Crippen LogP contribution in [0.3, 0.4) is 0 Å². The van der Waals surface area contributed by atoms with Crippen molar-refractivity contribution in [2.45, 2.75) is 13.0 Å². The Labute approximate surface area is 130 Å². The van der Waals surface area contributed by atoms with E-state index in [1.165, 1.54) is 17.5 Å². The third-order valence-corrected chi connectivity index (χ3v) is 4.20. The SMILES string of the molecule is Cc1ncc(C(=O)NCC(O)c2c(Cl)cccc2Cl)s1. The third kappa shape index (κ3) is 3.49. The van der Waals surface area contributed by atoms with Crippen molar-refractivity contribution in [2.75, 3.05) is 6.54 Å². The van der Waals surface area contributed by atoms with Crippen LogP contribution in [0.25, 0.3) is 0 Å². The molecule has 1 amide bonds. The lowest BCUT2D eigenvalue weighted by Gasteiger charge is -2.14. The highest BCUT2D eigenvalue weighted by molar-refractivity contribution is 7.13. The number of aliphatic hydroxyl groups is 1. The van der Waals surface area contributed by atoms with Crippen LogP contribution in [0.5, 0.6) is 0 Å². The maximum Gasteiger partial charge on any atom is 0.263 e. The lowest BCUT2D eigenvalue weighted by molar-refractivity contribution is 0.0920. The molecule has 0 radical (unpaired) electrons. The van der Waals surface area contributed by atoms with Gasteiger partial charge >= 0.3 is 0 Å². The second kappa shape index (κ2) is 6.54. The molecule has 2 rings (SSSR count). The number of thiazole rings is 1. The number of nitrogens with zero attached hydrogens (tertiary/aromatic N) is 1. The Morgan fingerprint density at radius 3 is 2.65 bits per heavy atom. The number of aliphatic hydroxyl groups excluding tert-OH is 1. The first-order valence-electron chi connectivity index (χ1n) is 5.81. The molecule has 0 saturated heterocycles. The maximum atomic E-state index is 11.8. The van der Waals surface area contributed by atoms with Crippen LogP contribution in [-0.2, 0) is 0 Å². The molecule has 0 aliphatic heterocycles. The molecule has 0 bridgehead atoms. The summed E-state index contributed by atoms with van der Waals surface area (Å²) in [7, 11) is 0. The standard InChI is InChI=1S/C13H12Cl2N2O2S/c1-7-16-6-11(20-7)13(19)17-5-10(18)12-8(14)3-2-4-9(12)15/h2-4,6,10,18H,5H2,1H3,(H,17,19). The molecule has 1 atom stereocenters. The largest absolute Gasteiger partial charge is 0.386 e. The molecule has 0 saturated carbocycles. The number of aryl methyl sites for hydroxylation is 1. The van der Waals surface area contributed by atoms with E-state index >= 15 is 0 Å². The number of amides is 1. The zero-order valence-electron chi connectivity index (χ0n) is 10.6. The zero-order chi connectivity index (χ0) is 14.7. The molecule has 1 unspecified atom stereocenters. The van der Waals surface area contributed by atoms with Crippen LogP contribution < -0.4 is 5.32 Å². The fourth-order valence-electron chi connectivity index (χ4n) is 1.67. The lowest BCUT2D eigenvalue weighted by atomic mass is 10.1. The van der Waals surface area contributed by atoms with E-state index in [1.54, 1.807) is 18.2 Å². The van der Waals surface area contributed by atoms with Gasteiger partial charge in [-0.25, -0.2) is 4.98 Å². The zero-order valence-corrected chi connectivity index (χ0v) is 12.9. The number of carbonyl (C=O) groups is 1. The molecule has 2 N–H and O–H groups in total. The summed E-state index contributed by atoms with van der Waals surface area (Å²) in [5, 5.41) is 14.3. The average molecular weight is 331 g/mol. The number of carbonyl (C=O) groups excluding carboxylic acids is 1. The first-order valence-corrected chi connectivity index (χ1v) is 7.39. The van der Waals surface area contributed by atoms with Crippen molar-refractivity contribution in [1.29, 1.82) is 0 Å². The number of hydrogen-bond donors (Lipinski definition) is 2. The number of benzene rings is 1. The van der Waals surface area contributed by atoms with Gasteiger partial charge in [-0.1, -0.05) is 29.3 Å². The van der Waals surface area contributed by atoms with Crippen LogP contribution in [-0.4, -0.2) is 22.5 Å². The van der Waals surface area contributed by atoms with Gasteiger partial charge in [-0.15, -0.1) is 11.3 Å². The van der Waals surface area contributed by atoms with Crippen LogP contribution in [0.4, 0.5) is 0 Å². The summed E-state index contributed by atoms with van der Waals surface area (Å²) >= 11 is 13.3. The monoisotopic (exact) mass is 330 g/mol. The third-order valence-electron chi connectivity index (χ3n) is 2.63. The highest BCUT2D eigenvalue weighted by Gasteiger charge is 2.17. The fourth-order valence-corrected chi connectivity index (χ4v) is 3.02. The van der Waals surface area contributed by atoms with E-state index in [4.69, 9.17) is 23.2 Å². The molecule has 1 heterocycles. The van der Waals surface area contributed by atoms with E-state index in [0.29, 0.717) is 20.5 Å². The lowest BCUT2D eigenvalue weighted by Crippen LogP contribution is -2.28. The van der Waals surface area contributed by atoms with Crippen LogP contribution >= 0.6 is 34.5 Å². The molecule has 0 aliphatic rings. The molecular weight excluding hydrogens is 319 g/mol. The molecule has 1 aromatic carbocycles. The Hall–Kier alpha value is -1.14. The Morgan fingerprint density at radius 1 is 1.45 bits per heavy atom. The van der Waals surface area contributed by atoms with Crippen molar-refractivity contribution in [2.24, 2.45) is 0 Å². The molecule has 0 spiro atoms. The van der Waals surface area contributed by atoms with Gasteiger partial charge in [0.15, 0.2) is 0 Å². The van der Waals surface area contributed by atoms with Crippen LogP contribution in [0, 0.1) is 6.92 Å². The van der Waals surface area contributed by atoms with Gasteiger partial charge in [0.2, 0.25) is 0 Å². The van der Waals surface area contributed by atoms with Gasteiger partial charge in [0.1, 0.15) is 4.88 Å². The van der Waals surface area contributed by atoms with E-state index < -0.39 is 6.10 Å². The van der Waals surface area contributed by atoms with Gasteiger partial charge in [0.25, 0.3) is 5.91 Å². The molecular formula is C13H12Cl2N2O2S. The van der Waals surface area contributed by atoms with Gasteiger partial charge in [0.05, 0.1) is 17.3 Å².